The molecule has 1 N–H and O–H groups in total. The van der Waals surface area contributed by atoms with Crippen LogP contribution in [0.3, 0.4) is 0 Å². The number of aromatic nitrogens is 1. The summed E-state index contributed by atoms with van der Waals surface area (Å²) in [5.74, 6) is -0.304. The Labute approximate surface area is 119 Å². The minimum absolute atomic E-state index is 0.304. The Morgan fingerprint density at radius 2 is 2.32 bits per heavy atom. The minimum Gasteiger partial charge on any atom is -0.388 e. The number of rotatable bonds is 2. The van der Waals surface area contributed by atoms with Crippen LogP contribution < -0.4 is 0 Å². The lowest BCUT2D eigenvalue weighted by molar-refractivity contribution is 0.160. The van der Waals surface area contributed by atoms with E-state index in [9.17, 15) is 9.50 Å². The van der Waals surface area contributed by atoms with E-state index in [1.54, 1.807) is 12.1 Å². The zero-order valence-electron chi connectivity index (χ0n) is 10.2. The molecule has 2 aromatic rings. The molecule has 3 rings (SSSR count). The third-order valence-electron chi connectivity index (χ3n) is 3.36. The average molecular weight is 298 g/mol. The van der Waals surface area contributed by atoms with E-state index in [4.69, 9.17) is 11.6 Å². The molecule has 100 valence electrons. The number of hydrogen-bond donors (Lipinski definition) is 1. The summed E-state index contributed by atoms with van der Waals surface area (Å²) in [5.41, 5.74) is 1.44. The molecular formula is C14H13ClFNOS. The zero-order valence-corrected chi connectivity index (χ0v) is 11.8. The molecule has 2 nitrogen and oxygen atoms in total. The Bertz CT molecular complexity index is 593. The maximum Gasteiger partial charge on any atom is 0.128 e. The molecule has 0 fully saturated rings. The van der Waals surface area contributed by atoms with Gasteiger partial charge < -0.3 is 5.11 Å². The number of hydrogen-bond acceptors (Lipinski definition) is 3. The molecule has 0 aliphatic heterocycles. The van der Waals surface area contributed by atoms with E-state index in [-0.39, 0.29) is 5.82 Å². The molecule has 1 unspecified atom stereocenters. The van der Waals surface area contributed by atoms with Crippen molar-refractivity contribution >= 4 is 22.9 Å². The first-order valence-corrected chi connectivity index (χ1v) is 7.44. The van der Waals surface area contributed by atoms with Gasteiger partial charge in [-0.05, 0) is 31.4 Å². The number of aliphatic hydroxyl groups excluding tert-OH is 1. The largest absolute Gasteiger partial charge is 0.388 e. The van der Waals surface area contributed by atoms with Crippen LogP contribution in [0.4, 0.5) is 4.39 Å². The molecule has 1 aromatic carbocycles. The summed E-state index contributed by atoms with van der Waals surface area (Å²) in [6.45, 7) is 0. The van der Waals surface area contributed by atoms with Crippen molar-refractivity contribution in [1.82, 2.24) is 4.98 Å². The summed E-state index contributed by atoms with van der Waals surface area (Å²) in [6, 6.07) is 4.68. The molecule has 1 heterocycles. The monoisotopic (exact) mass is 297 g/mol. The Hall–Kier alpha value is -0.970. The van der Waals surface area contributed by atoms with Gasteiger partial charge in [-0.3, -0.25) is 0 Å². The molecule has 1 atom stereocenters. The van der Waals surface area contributed by atoms with E-state index < -0.39 is 6.10 Å². The fourth-order valence-corrected chi connectivity index (χ4v) is 3.75. The molecule has 0 amide bonds. The topological polar surface area (TPSA) is 33.1 Å². The highest BCUT2D eigenvalue weighted by molar-refractivity contribution is 7.11. The van der Waals surface area contributed by atoms with E-state index in [0.717, 1.165) is 34.8 Å². The highest BCUT2D eigenvalue weighted by atomic mass is 35.5. The van der Waals surface area contributed by atoms with Gasteiger partial charge in [0.15, 0.2) is 0 Å². The molecule has 1 aliphatic carbocycles. The number of benzene rings is 1. The van der Waals surface area contributed by atoms with Crippen molar-refractivity contribution in [2.24, 2.45) is 0 Å². The number of halogens is 2. The second-order valence-electron chi connectivity index (χ2n) is 4.70. The van der Waals surface area contributed by atoms with Crippen molar-refractivity contribution in [1.29, 1.82) is 0 Å². The van der Waals surface area contributed by atoms with Crippen LogP contribution in [0.25, 0.3) is 0 Å². The van der Waals surface area contributed by atoms with Gasteiger partial charge in [0.2, 0.25) is 0 Å². The van der Waals surface area contributed by atoms with Crippen LogP contribution in [0.5, 0.6) is 0 Å². The maximum atomic E-state index is 13.7. The maximum absolute atomic E-state index is 13.7. The van der Waals surface area contributed by atoms with Crippen LogP contribution in [0, 0.1) is 5.82 Å². The second kappa shape index (κ2) is 5.19. The number of aliphatic hydroxyl groups is 1. The van der Waals surface area contributed by atoms with E-state index in [1.807, 2.05) is 0 Å². The van der Waals surface area contributed by atoms with E-state index in [0.29, 0.717) is 17.0 Å². The molecule has 0 saturated heterocycles. The summed E-state index contributed by atoms with van der Waals surface area (Å²) < 4.78 is 13.7. The molecule has 19 heavy (non-hydrogen) atoms. The van der Waals surface area contributed by atoms with Gasteiger partial charge in [-0.15, -0.1) is 11.3 Å². The zero-order chi connectivity index (χ0) is 13.4. The first-order chi connectivity index (χ1) is 9.15. The van der Waals surface area contributed by atoms with Crippen molar-refractivity contribution in [2.75, 3.05) is 0 Å². The van der Waals surface area contributed by atoms with Crippen molar-refractivity contribution < 1.29 is 9.50 Å². The third kappa shape index (κ3) is 2.53. The Kier molecular flexibility index (Phi) is 3.56. The Morgan fingerprint density at radius 3 is 3.05 bits per heavy atom. The van der Waals surface area contributed by atoms with Crippen LogP contribution in [0.15, 0.2) is 18.2 Å². The van der Waals surface area contributed by atoms with Crippen LogP contribution in [-0.4, -0.2) is 10.1 Å². The summed E-state index contributed by atoms with van der Waals surface area (Å²) in [7, 11) is 0. The smallest absolute Gasteiger partial charge is 0.128 e. The van der Waals surface area contributed by atoms with Crippen LogP contribution in [0.1, 0.15) is 40.1 Å². The Balaban J connectivity index is 1.92. The van der Waals surface area contributed by atoms with Crippen molar-refractivity contribution in [2.45, 2.75) is 31.8 Å². The first-order valence-electron chi connectivity index (χ1n) is 6.24. The van der Waals surface area contributed by atoms with Gasteiger partial charge in [0.25, 0.3) is 0 Å². The van der Waals surface area contributed by atoms with E-state index >= 15 is 0 Å². The minimum atomic E-state index is -0.411. The van der Waals surface area contributed by atoms with Crippen molar-refractivity contribution in [3.8, 4) is 0 Å². The summed E-state index contributed by atoms with van der Waals surface area (Å²) >= 11 is 7.49. The van der Waals surface area contributed by atoms with Gasteiger partial charge in [0.1, 0.15) is 5.82 Å². The van der Waals surface area contributed by atoms with Gasteiger partial charge in [-0.2, -0.15) is 0 Å². The molecular weight excluding hydrogens is 285 g/mol. The highest BCUT2D eigenvalue weighted by Gasteiger charge is 2.23. The predicted molar refractivity (Wildman–Crippen MR) is 74.2 cm³/mol. The number of thiazole rings is 1. The summed E-state index contributed by atoms with van der Waals surface area (Å²) in [6.07, 6.45) is 2.61. The van der Waals surface area contributed by atoms with Crippen molar-refractivity contribution in [3.63, 3.8) is 0 Å². The van der Waals surface area contributed by atoms with Gasteiger partial charge in [-0.25, -0.2) is 9.37 Å². The normalized spacial score (nSPS) is 18.4. The molecule has 0 spiro atoms. The quantitative estimate of drug-likeness (QED) is 0.912. The van der Waals surface area contributed by atoms with Gasteiger partial charge in [0.05, 0.1) is 21.7 Å². The molecule has 0 saturated carbocycles. The fourth-order valence-electron chi connectivity index (χ4n) is 2.38. The number of aryl methyl sites for hydroxylation is 1. The van der Waals surface area contributed by atoms with Crippen molar-refractivity contribution in [3.05, 3.63) is 50.2 Å². The lowest BCUT2D eigenvalue weighted by Gasteiger charge is -2.14. The fraction of sp³-hybridized carbons (Fsp3) is 0.357. The van der Waals surface area contributed by atoms with Gasteiger partial charge in [-0.1, -0.05) is 17.7 Å². The van der Waals surface area contributed by atoms with E-state index in [1.165, 1.54) is 17.4 Å². The standard InChI is InChI=1S/C14H13ClFNOS/c15-9-3-1-4-10(16)8(9)7-13-17-11-5-2-6-12(18)14(11)19-13/h1,3-4,12,18H,2,5-7H2. The molecule has 1 aliphatic rings. The van der Waals surface area contributed by atoms with Crippen LogP contribution in [-0.2, 0) is 12.8 Å². The molecule has 1 aromatic heterocycles. The molecule has 5 heteroatoms. The summed E-state index contributed by atoms with van der Waals surface area (Å²) in [5, 5.41) is 11.2. The van der Waals surface area contributed by atoms with Crippen LogP contribution in [0.2, 0.25) is 5.02 Å². The SMILES string of the molecule is OC1CCCc2nc(Cc3c(F)cccc3Cl)sc21. The van der Waals surface area contributed by atoms with Crippen LogP contribution >= 0.6 is 22.9 Å². The number of fused-ring (bicyclic) bond motifs is 1. The second-order valence-corrected chi connectivity index (χ2v) is 6.23. The van der Waals surface area contributed by atoms with E-state index in [2.05, 4.69) is 4.98 Å². The first kappa shape index (κ1) is 13.0. The lowest BCUT2D eigenvalue weighted by Crippen LogP contribution is -2.06. The summed E-state index contributed by atoms with van der Waals surface area (Å²) in [4.78, 5) is 5.45. The highest BCUT2D eigenvalue weighted by Crippen LogP contribution is 2.35. The predicted octanol–water partition coefficient (Wildman–Crippen LogP) is 3.90. The lowest BCUT2D eigenvalue weighted by atomic mass is 10.0. The average Bonchev–Trinajstić information content (AvgIpc) is 2.78. The van der Waals surface area contributed by atoms with Gasteiger partial charge >= 0.3 is 0 Å². The number of nitrogens with zero attached hydrogens (tertiary/aromatic N) is 1. The van der Waals surface area contributed by atoms with Gasteiger partial charge in [0, 0.05) is 17.0 Å². The molecule has 0 radical (unpaired) electrons. The third-order valence-corrected chi connectivity index (χ3v) is 4.91. The Morgan fingerprint density at radius 1 is 1.47 bits per heavy atom. The molecule has 0 bridgehead atoms.